The molecule has 5 heteroatoms. The molecule has 0 aliphatic carbocycles. The van der Waals surface area contributed by atoms with Crippen LogP contribution >= 0.6 is 24.0 Å². The van der Waals surface area contributed by atoms with E-state index in [-0.39, 0.29) is 33.4 Å². The fraction of sp³-hybridized carbons (Fsp3) is 1.00. The van der Waals surface area contributed by atoms with Gasteiger partial charge in [0.1, 0.15) is 0 Å². The highest BCUT2D eigenvalue weighted by Gasteiger charge is 1.44. The molecule has 6 heavy (non-hydrogen) atoms. The van der Waals surface area contributed by atoms with Crippen LogP contribution in [0.1, 0.15) is 0 Å². The minimum Gasteiger partial charge on any atom is -0.269 e. The van der Waals surface area contributed by atoms with Gasteiger partial charge in [0.05, 0.1) is 0 Å². The van der Waals surface area contributed by atoms with Gasteiger partial charge in [0.15, 0.2) is 0 Å². The molecule has 0 fully saturated rings. The third kappa shape index (κ3) is 262. The van der Waals surface area contributed by atoms with Crippen LogP contribution in [0.4, 0.5) is 18.2 Å². The third-order valence-electron chi connectivity index (χ3n) is 0. The van der Waals surface area contributed by atoms with Gasteiger partial charge in [0, 0.05) is 0 Å². The molecule has 0 aromatic rings. The fourth-order valence-corrected chi connectivity index (χ4v) is 0. The zero-order valence-electron chi connectivity index (χ0n) is 2.69. The smallest absolute Gasteiger partial charge is 0.229 e. The monoisotopic (exact) mass is 220 g/mol. The van der Waals surface area contributed by atoms with E-state index in [1.807, 2.05) is 0 Å². The van der Waals surface area contributed by atoms with Crippen molar-refractivity contribution in [2.75, 3.05) is 6.93 Å². The van der Waals surface area contributed by atoms with E-state index in [0.29, 0.717) is 0 Å². The fourth-order valence-electron chi connectivity index (χ4n) is 0. The van der Waals surface area contributed by atoms with Crippen LogP contribution < -0.4 is 0 Å². The highest BCUT2D eigenvalue weighted by atomic mass is 127. The Morgan fingerprint density at radius 2 is 1.00 bits per heavy atom. The van der Waals surface area contributed by atoms with E-state index in [1.54, 1.807) is 0 Å². The first kappa shape index (κ1) is 31.9. The first-order valence-corrected chi connectivity index (χ1v) is 0.535. The zero-order valence-corrected chi connectivity index (χ0v) is 5.02. The number of halogens is 5. The average molecular weight is 220 g/mol. The van der Waals surface area contributed by atoms with Crippen LogP contribution in [0.3, 0.4) is 0 Å². The van der Waals surface area contributed by atoms with Crippen LogP contribution in [0.25, 0.3) is 0 Å². The molecule has 0 aromatic carbocycles. The van der Waals surface area contributed by atoms with Crippen molar-refractivity contribution in [2.45, 2.75) is 0 Å². The van der Waals surface area contributed by atoms with E-state index in [0.717, 1.165) is 0 Å². The van der Waals surface area contributed by atoms with E-state index in [1.165, 1.54) is 0 Å². The lowest BCUT2D eigenvalue weighted by Gasteiger charge is -1.42. The maximum absolute atomic E-state index is 9.62. The predicted octanol–water partition coefficient (Wildman–Crippen LogP) is 1.81. The normalized spacial score (nSPS) is 3.00. The Kier molecular flexibility index (Phi) is 273. The van der Waals surface area contributed by atoms with Crippen molar-refractivity contribution in [1.29, 1.82) is 0 Å². The Hall–Kier alpha value is 0.450. The molecule has 0 spiro atoms. The molecule has 0 heterocycles. The molecule has 0 saturated heterocycles. The van der Waals surface area contributed by atoms with Gasteiger partial charge in [-0.1, -0.05) is 0 Å². The summed E-state index contributed by atoms with van der Waals surface area (Å²) in [6.07, 6.45) is 0. The van der Waals surface area contributed by atoms with Gasteiger partial charge in [-0.15, -0.1) is 24.0 Å². The summed E-state index contributed by atoms with van der Waals surface area (Å²) in [6, 6.07) is 0. The van der Waals surface area contributed by atoms with Gasteiger partial charge in [0.25, 0.3) is 0 Å². The molecule has 0 saturated carbocycles. The van der Waals surface area contributed by atoms with E-state index >= 15 is 0 Å². The third-order valence-corrected chi connectivity index (χ3v) is 0. The van der Waals surface area contributed by atoms with Crippen molar-refractivity contribution in [1.82, 2.24) is 0 Å². The highest BCUT2D eigenvalue weighted by Crippen LogP contribution is 1.56. The average Bonchev–Trinajstić information content (AvgIpc) is 0.918. The van der Waals surface area contributed by atoms with Crippen molar-refractivity contribution in [2.24, 2.45) is 0 Å². The van der Waals surface area contributed by atoms with Crippen molar-refractivity contribution in [3.05, 3.63) is 0 Å². The van der Waals surface area contributed by atoms with Gasteiger partial charge in [0.2, 0.25) is 6.93 Å². The van der Waals surface area contributed by atoms with Crippen LogP contribution in [-0.2, 0) is 0 Å². The van der Waals surface area contributed by atoms with Gasteiger partial charge in [-0.05, 0) is 0 Å². The second kappa shape index (κ2) is 51.3. The summed E-state index contributed by atoms with van der Waals surface area (Å²) < 4.78 is 19.2. The molecule has 0 nitrogen and oxygen atoms in total. The molecule has 0 unspecified atom stereocenters. The van der Waals surface area contributed by atoms with Crippen LogP contribution in [-0.4, -0.2) is 6.93 Å². The van der Waals surface area contributed by atoms with Gasteiger partial charge in [-0.25, -0.2) is 8.78 Å². The predicted molar refractivity (Wildman–Crippen MR) is 27.5 cm³/mol. The van der Waals surface area contributed by atoms with E-state index < -0.39 is 6.93 Å². The summed E-state index contributed by atoms with van der Waals surface area (Å²) in [7, 11) is 0. The summed E-state index contributed by atoms with van der Waals surface area (Å²) in [6.45, 7) is -1.75. The molecule has 0 aromatic heterocycles. The highest BCUT2D eigenvalue weighted by molar-refractivity contribution is 14.0. The Morgan fingerprint density at radius 1 is 1.00 bits per heavy atom. The molecule has 0 bridgehead atoms. The first-order valence-electron chi connectivity index (χ1n) is 0.535. The zero-order chi connectivity index (χ0) is 2.71. The molecule has 0 radical (unpaired) electrons. The minimum atomic E-state index is -1.75. The maximum Gasteiger partial charge on any atom is 0.229 e. The topological polar surface area (TPSA) is 0 Å². The quantitative estimate of drug-likeness (QED) is 0.431. The van der Waals surface area contributed by atoms with E-state index in [9.17, 15) is 8.78 Å². The maximum atomic E-state index is 9.62. The lowest BCUT2D eigenvalue weighted by Crippen LogP contribution is -1.34. The second-order valence-electron chi connectivity index (χ2n) is 0.101. The molecule has 0 amide bonds. The number of hydrogen-bond donors (Lipinski definition) is 0. The molecule has 0 aliphatic heterocycles. The standard InChI is InChI=1S/CH2F2.2FH.HI/c2-1-3;;;/h1H2;3*1H. The first-order chi connectivity index (χ1) is 1.41. The molecule has 0 N–H and O–H groups in total. The van der Waals surface area contributed by atoms with Crippen LogP contribution in [0, 0.1) is 0 Å². The van der Waals surface area contributed by atoms with Gasteiger partial charge >= 0.3 is 0 Å². The molecular weight excluding hydrogens is 215 g/mol. The molecule has 0 rings (SSSR count). The van der Waals surface area contributed by atoms with Crippen LogP contribution in [0.5, 0.6) is 0 Å². The lowest BCUT2D eigenvalue weighted by atomic mass is 11.7. The van der Waals surface area contributed by atoms with E-state index in [2.05, 4.69) is 0 Å². The Bertz CT molecular complexity index is 7.51. The van der Waals surface area contributed by atoms with Crippen molar-refractivity contribution >= 4 is 24.0 Å². The van der Waals surface area contributed by atoms with Gasteiger partial charge in [-0.3, -0.25) is 9.41 Å². The molecule has 44 valence electrons. The number of rotatable bonds is 0. The van der Waals surface area contributed by atoms with E-state index in [4.69, 9.17) is 0 Å². The molecular formula is CH5F4I. The van der Waals surface area contributed by atoms with Gasteiger partial charge in [-0.2, -0.15) is 0 Å². The Labute approximate surface area is 49.7 Å². The SMILES string of the molecule is F.F.FCF.I. The summed E-state index contributed by atoms with van der Waals surface area (Å²) in [5.41, 5.74) is 0. The lowest BCUT2D eigenvalue weighted by molar-refractivity contribution is 0.295. The summed E-state index contributed by atoms with van der Waals surface area (Å²) in [5.74, 6) is 0. The molecule has 0 atom stereocenters. The largest absolute Gasteiger partial charge is 0.269 e. The summed E-state index contributed by atoms with van der Waals surface area (Å²) >= 11 is 0. The second-order valence-corrected chi connectivity index (χ2v) is 0.101. The number of alkyl halides is 2. The van der Waals surface area contributed by atoms with Gasteiger partial charge < -0.3 is 0 Å². The van der Waals surface area contributed by atoms with Crippen molar-refractivity contribution < 1.29 is 18.2 Å². The Balaban J connectivity index is -0.00000000667. The van der Waals surface area contributed by atoms with Crippen molar-refractivity contribution in [3.8, 4) is 0 Å². The summed E-state index contributed by atoms with van der Waals surface area (Å²) in [4.78, 5) is 0. The van der Waals surface area contributed by atoms with Crippen LogP contribution in [0.15, 0.2) is 0 Å². The Morgan fingerprint density at radius 3 is 1.00 bits per heavy atom. The minimum absolute atomic E-state index is 0. The number of hydrogen-bond acceptors (Lipinski definition) is 0. The van der Waals surface area contributed by atoms with Crippen LogP contribution in [0.2, 0.25) is 0 Å². The van der Waals surface area contributed by atoms with Crippen molar-refractivity contribution in [3.63, 3.8) is 0 Å². The summed E-state index contributed by atoms with van der Waals surface area (Å²) in [5, 5.41) is 0. The molecule has 0 aliphatic rings.